The summed E-state index contributed by atoms with van der Waals surface area (Å²) >= 11 is 0. The van der Waals surface area contributed by atoms with Crippen LogP contribution in [0.15, 0.2) is 6.20 Å². The van der Waals surface area contributed by atoms with Crippen LogP contribution in [0.3, 0.4) is 0 Å². The number of rotatable bonds is 5. The number of hydrogen-bond donors (Lipinski definition) is 1. The molecule has 2 fully saturated rings. The molecule has 0 atom stereocenters. The van der Waals surface area contributed by atoms with Gasteiger partial charge in [-0.05, 0) is 44.7 Å². The fourth-order valence-electron chi connectivity index (χ4n) is 2.73. The van der Waals surface area contributed by atoms with Gasteiger partial charge in [-0.25, -0.2) is 4.68 Å². The molecule has 2 heterocycles. The summed E-state index contributed by atoms with van der Waals surface area (Å²) in [5.74, 6) is 3.08. The van der Waals surface area contributed by atoms with Crippen molar-refractivity contribution in [2.24, 2.45) is 5.92 Å². The van der Waals surface area contributed by atoms with Crippen molar-refractivity contribution in [3.8, 4) is 12.3 Å². The fourth-order valence-corrected chi connectivity index (χ4v) is 2.73. The number of hydrogen-bond acceptors (Lipinski definition) is 4. The lowest BCUT2D eigenvalue weighted by Crippen LogP contribution is -2.33. The zero-order valence-electron chi connectivity index (χ0n) is 12.2. The van der Waals surface area contributed by atoms with Gasteiger partial charge in [-0.2, -0.15) is 0 Å². The Kier molecular flexibility index (Phi) is 4.20. The molecule has 0 unspecified atom stereocenters. The van der Waals surface area contributed by atoms with Crippen LogP contribution < -0.4 is 5.32 Å². The maximum atomic E-state index is 12.5. The summed E-state index contributed by atoms with van der Waals surface area (Å²) in [6.45, 7) is 3.05. The van der Waals surface area contributed by atoms with Crippen LogP contribution in [0.2, 0.25) is 0 Å². The van der Waals surface area contributed by atoms with Crippen LogP contribution in [-0.2, 0) is 0 Å². The van der Waals surface area contributed by atoms with Crippen molar-refractivity contribution in [1.82, 2.24) is 25.2 Å². The standard InChI is InChI=1S/C15H21N5O/c1-2-9-19(10-12-3-4-12)15(21)14-11-20(18-17-14)13-5-7-16-8-6-13/h1,11-13,16H,3-10H2. The van der Waals surface area contributed by atoms with E-state index in [4.69, 9.17) is 6.42 Å². The molecule has 1 aromatic rings. The Balaban J connectivity index is 1.68. The topological polar surface area (TPSA) is 63.1 Å². The predicted molar refractivity (Wildman–Crippen MR) is 78.6 cm³/mol. The second-order valence-electron chi connectivity index (χ2n) is 5.90. The van der Waals surface area contributed by atoms with E-state index < -0.39 is 0 Å². The van der Waals surface area contributed by atoms with Crippen molar-refractivity contribution in [2.75, 3.05) is 26.2 Å². The molecule has 0 spiro atoms. The normalized spacial score (nSPS) is 19.2. The van der Waals surface area contributed by atoms with Crippen molar-refractivity contribution >= 4 is 5.91 Å². The minimum atomic E-state index is -0.0972. The highest BCUT2D eigenvalue weighted by molar-refractivity contribution is 5.92. The minimum Gasteiger partial charge on any atom is -0.326 e. The average Bonchev–Trinajstić information content (AvgIpc) is 3.20. The third kappa shape index (κ3) is 3.42. The largest absolute Gasteiger partial charge is 0.326 e. The SMILES string of the molecule is C#CCN(CC1CC1)C(=O)c1cn(C2CCNCC2)nn1. The van der Waals surface area contributed by atoms with Gasteiger partial charge in [-0.15, -0.1) is 11.5 Å². The molecule has 1 saturated heterocycles. The van der Waals surface area contributed by atoms with Crippen LogP contribution in [0.25, 0.3) is 0 Å². The molecular formula is C15H21N5O. The number of carbonyl (C=O) groups is 1. The van der Waals surface area contributed by atoms with Gasteiger partial charge >= 0.3 is 0 Å². The zero-order valence-corrected chi connectivity index (χ0v) is 12.2. The molecule has 112 valence electrons. The van der Waals surface area contributed by atoms with Crippen LogP contribution in [0.4, 0.5) is 0 Å². The monoisotopic (exact) mass is 287 g/mol. The molecule has 0 radical (unpaired) electrons. The maximum absolute atomic E-state index is 12.5. The smallest absolute Gasteiger partial charge is 0.276 e. The first-order chi connectivity index (χ1) is 10.3. The molecule has 1 aliphatic carbocycles. The number of amides is 1. The summed E-state index contributed by atoms with van der Waals surface area (Å²) in [7, 11) is 0. The Labute approximate surface area is 124 Å². The Bertz CT molecular complexity index is 537. The Morgan fingerprint density at radius 1 is 1.43 bits per heavy atom. The highest BCUT2D eigenvalue weighted by Crippen LogP contribution is 2.30. The van der Waals surface area contributed by atoms with Crippen molar-refractivity contribution < 1.29 is 4.79 Å². The van der Waals surface area contributed by atoms with Crippen LogP contribution >= 0.6 is 0 Å². The number of piperidine rings is 1. The van der Waals surface area contributed by atoms with Gasteiger partial charge in [0.15, 0.2) is 5.69 Å². The average molecular weight is 287 g/mol. The summed E-state index contributed by atoms with van der Waals surface area (Å²) in [6.07, 6.45) is 11.6. The van der Waals surface area contributed by atoms with E-state index in [-0.39, 0.29) is 5.91 Å². The summed E-state index contributed by atoms with van der Waals surface area (Å²) in [5, 5.41) is 11.5. The summed E-state index contributed by atoms with van der Waals surface area (Å²) in [5.41, 5.74) is 0.407. The molecule has 2 aliphatic rings. The fraction of sp³-hybridized carbons (Fsp3) is 0.667. The maximum Gasteiger partial charge on any atom is 0.276 e. The molecule has 6 heteroatoms. The third-order valence-corrected chi connectivity index (χ3v) is 4.16. The van der Waals surface area contributed by atoms with E-state index in [1.807, 2.05) is 4.68 Å². The van der Waals surface area contributed by atoms with Crippen molar-refractivity contribution in [3.05, 3.63) is 11.9 Å². The van der Waals surface area contributed by atoms with Gasteiger partial charge in [-0.3, -0.25) is 4.79 Å². The quantitative estimate of drug-likeness (QED) is 0.809. The van der Waals surface area contributed by atoms with E-state index in [2.05, 4.69) is 21.5 Å². The van der Waals surface area contributed by atoms with Gasteiger partial charge in [-0.1, -0.05) is 11.1 Å². The highest BCUT2D eigenvalue weighted by atomic mass is 16.2. The zero-order chi connectivity index (χ0) is 14.7. The van der Waals surface area contributed by atoms with Gasteiger partial charge < -0.3 is 10.2 Å². The molecule has 0 aromatic carbocycles. The Morgan fingerprint density at radius 2 is 2.19 bits per heavy atom. The van der Waals surface area contributed by atoms with E-state index in [1.165, 1.54) is 12.8 Å². The first-order valence-corrected chi connectivity index (χ1v) is 7.63. The van der Waals surface area contributed by atoms with Crippen LogP contribution in [0, 0.1) is 18.3 Å². The van der Waals surface area contributed by atoms with Crippen LogP contribution in [-0.4, -0.2) is 52.0 Å². The number of nitrogens with one attached hydrogen (secondary N) is 1. The first-order valence-electron chi connectivity index (χ1n) is 7.63. The lowest BCUT2D eigenvalue weighted by Gasteiger charge is -2.22. The van der Waals surface area contributed by atoms with E-state index >= 15 is 0 Å². The summed E-state index contributed by atoms with van der Waals surface area (Å²) in [4.78, 5) is 14.2. The van der Waals surface area contributed by atoms with Crippen LogP contribution in [0.1, 0.15) is 42.2 Å². The molecule has 1 amide bonds. The van der Waals surface area contributed by atoms with E-state index in [0.717, 1.165) is 32.5 Å². The molecule has 3 rings (SSSR count). The molecule has 0 bridgehead atoms. The van der Waals surface area contributed by atoms with E-state index in [9.17, 15) is 4.79 Å². The number of nitrogens with zero attached hydrogens (tertiary/aromatic N) is 4. The van der Waals surface area contributed by atoms with Gasteiger partial charge in [0.2, 0.25) is 0 Å². The number of carbonyl (C=O) groups excluding carboxylic acids is 1. The highest BCUT2D eigenvalue weighted by Gasteiger charge is 2.28. The molecule has 1 N–H and O–H groups in total. The number of terminal acetylenes is 1. The predicted octanol–water partition coefficient (Wildman–Crippen LogP) is 0.688. The van der Waals surface area contributed by atoms with E-state index in [0.29, 0.717) is 24.2 Å². The molecular weight excluding hydrogens is 266 g/mol. The van der Waals surface area contributed by atoms with Gasteiger partial charge in [0.05, 0.1) is 18.8 Å². The lowest BCUT2D eigenvalue weighted by molar-refractivity contribution is 0.0764. The van der Waals surface area contributed by atoms with E-state index in [1.54, 1.807) is 11.1 Å². The minimum absolute atomic E-state index is 0.0972. The van der Waals surface area contributed by atoms with Gasteiger partial charge in [0, 0.05) is 6.54 Å². The van der Waals surface area contributed by atoms with Crippen molar-refractivity contribution in [3.63, 3.8) is 0 Å². The second-order valence-corrected chi connectivity index (χ2v) is 5.90. The first kappa shape index (κ1) is 14.1. The van der Waals surface area contributed by atoms with Gasteiger partial charge in [0.1, 0.15) is 0 Å². The lowest BCUT2D eigenvalue weighted by atomic mass is 10.1. The van der Waals surface area contributed by atoms with Crippen molar-refractivity contribution in [1.29, 1.82) is 0 Å². The van der Waals surface area contributed by atoms with Crippen LogP contribution in [0.5, 0.6) is 0 Å². The summed E-state index contributed by atoms with van der Waals surface area (Å²) in [6, 6.07) is 0.338. The van der Waals surface area contributed by atoms with Gasteiger partial charge in [0.25, 0.3) is 5.91 Å². The Morgan fingerprint density at radius 3 is 2.86 bits per heavy atom. The molecule has 1 aliphatic heterocycles. The summed E-state index contributed by atoms with van der Waals surface area (Å²) < 4.78 is 1.83. The molecule has 1 aromatic heterocycles. The molecule has 6 nitrogen and oxygen atoms in total. The molecule has 1 saturated carbocycles. The molecule has 21 heavy (non-hydrogen) atoms. The Hall–Kier alpha value is -1.87. The van der Waals surface area contributed by atoms with Crippen molar-refractivity contribution in [2.45, 2.75) is 31.7 Å². The second kappa shape index (κ2) is 6.27. The number of aromatic nitrogens is 3. The third-order valence-electron chi connectivity index (χ3n) is 4.16.